The smallest absolute Gasteiger partial charge is 0.387 e. The van der Waals surface area contributed by atoms with Crippen LogP contribution in [-0.2, 0) is 6.61 Å². The van der Waals surface area contributed by atoms with E-state index in [9.17, 15) is 8.78 Å². The van der Waals surface area contributed by atoms with Gasteiger partial charge < -0.3 is 13.9 Å². The molecule has 118 valence electrons. The topological polar surface area (TPSA) is 57.4 Å². The zero-order chi connectivity index (χ0) is 16.1. The maximum atomic E-state index is 12.1. The highest BCUT2D eigenvalue weighted by Gasteiger charge is 2.05. The molecule has 0 radical (unpaired) electrons. The van der Waals surface area contributed by atoms with Gasteiger partial charge in [-0.3, -0.25) is 0 Å². The molecule has 0 aliphatic rings. The molecule has 0 aliphatic heterocycles. The number of hydrogen-bond acceptors (Lipinski definition) is 5. The largest absolute Gasteiger partial charge is 0.489 e. The van der Waals surface area contributed by atoms with Gasteiger partial charge >= 0.3 is 6.61 Å². The number of aromatic nitrogens is 2. The van der Waals surface area contributed by atoms with Gasteiger partial charge in [0.15, 0.2) is 0 Å². The van der Waals surface area contributed by atoms with E-state index in [0.29, 0.717) is 18.2 Å². The van der Waals surface area contributed by atoms with Crippen molar-refractivity contribution in [3.05, 3.63) is 60.5 Å². The van der Waals surface area contributed by atoms with Crippen molar-refractivity contribution < 1.29 is 22.7 Å². The molecular weight excluding hydrogens is 306 g/mol. The highest BCUT2D eigenvalue weighted by Crippen LogP contribution is 2.21. The van der Waals surface area contributed by atoms with Crippen LogP contribution in [0, 0.1) is 0 Å². The number of ether oxygens (including phenoxy) is 2. The number of rotatable bonds is 6. The Labute approximate surface area is 130 Å². The molecule has 0 fully saturated rings. The third kappa shape index (κ3) is 4.03. The van der Waals surface area contributed by atoms with Gasteiger partial charge in [-0.25, -0.2) is 0 Å². The normalized spacial score (nSPS) is 10.7. The predicted octanol–water partition coefficient (Wildman–Crippen LogP) is 3.92. The number of hydrogen-bond donors (Lipinski definition) is 0. The van der Waals surface area contributed by atoms with Gasteiger partial charge in [-0.05, 0) is 42.0 Å². The van der Waals surface area contributed by atoms with E-state index in [1.807, 2.05) is 12.1 Å². The lowest BCUT2D eigenvalue weighted by Crippen LogP contribution is -2.02. The minimum Gasteiger partial charge on any atom is -0.489 e. The van der Waals surface area contributed by atoms with Crippen LogP contribution in [0.1, 0.15) is 5.56 Å². The summed E-state index contributed by atoms with van der Waals surface area (Å²) >= 11 is 0. The Kier molecular flexibility index (Phi) is 4.46. The maximum absolute atomic E-state index is 12.1. The van der Waals surface area contributed by atoms with Crippen LogP contribution in [0.15, 0.2) is 59.3 Å². The summed E-state index contributed by atoms with van der Waals surface area (Å²) in [7, 11) is 0. The predicted molar refractivity (Wildman–Crippen MR) is 77.1 cm³/mol. The second kappa shape index (κ2) is 6.87. The van der Waals surface area contributed by atoms with Gasteiger partial charge in [0.1, 0.15) is 18.1 Å². The number of benzene rings is 2. The van der Waals surface area contributed by atoms with Crippen molar-refractivity contribution >= 4 is 0 Å². The van der Waals surface area contributed by atoms with Gasteiger partial charge in [-0.2, -0.15) is 8.78 Å². The standard InChI is InChI=1S/C16H12F2N2O3/c17-16(18)23-14-5-1-11(2-6-14)9-21-13-7-3-12(4-8-13)15-20-19-10-22-15/h1-8,10,16H,9H2. The highest BCUT2D eigenvalue weighted by molar-refractivity contribution is 5.53. The molecule has 23 heavy (non-hydrogen) atoms. The van der Waals surface area contributed by atoms with Gasteiger partial charge in [0.05, 0.1) is 0 Å². The van der Waals surface area contributed by atoms with Crippen LogP contribution in [0.25, 0.3) is 11.5 Å². The van der Waals surface area contributed by atoms with E-state index >= 15 is 0 Å². The summed E-state index contributed by atoms with van der Waals surface area (Å²) in [5, 5.41) is 7.43. The van der Waals surface area contributed by atoms with Crippen molar-refractivity contribution in [1.82, 2.24) is 10.2 Å². The van der Waals surface area contributed by atoms with Crippen molar-refractivity contribution in [2.45, 2.75) is 13.2 Å². The molecule has 0 aliphatic carbocycles. The third-order valence-electron chi connectivity index (χ3n) is 3.02. The van der Waals surface area contributed by atoms with Gasteiger partial charge in [-0.1, -0.05) is 12.1 Å². The summed E-state index contributed by atoms with van der Waals surface area (Å²) in [5.74, 6) is 1.22. The minimum atomic E-state index is -2.82. The van der Waals surface area contributed by atoms with E-state index in [1.165, 1.54) is 18.5 Å². The SMILES string of the molecule is FC(F)Oc1ccc(COc2ccc(-c3nnco3)cc2)cc1. The van der Waals surface area contributed by atoms with Gasteiger partial charge in [0, 0.05) is 5.56 Å². The van der Waals surface area contributed by atoms with Gasteiger partial charge in [0.2, 0.25) is 12.3 Å². The summed E-state index contributed by atoms with van der Waals surface area (Å²) in [6.07, 6.45) is 1.27. The quantitative estimate of drug-likeness (QED) is 0.689. The van der Waals surface area contributed by atoms with Crippen LogP contribution in [-0.4, -0.2) is 16.8 Å². The van der Waals surface area contributed by atoms with E-state index < -0.39 is 6.61 Å². The molecule has 0 saturated heterocycles. The Morgan fingerprint density at radius 3 is 2.26 bits per heavy atom. The molecule has 0 spiro atoms. The lowest BCUT2D eigenvalue weighted by molar-refractivity contribution is -0.0498. The summed E-state index contributed by atoms with van der Waals surface area (Å²) in [4.78, 5) is 0. The molecule has 5 nitrogen and oxygen atoms in total. The van der Waals surface area contributed by atoms with Crippen LogP contribution < -0.4 is 9.47 Å². The lowest BCUT2D eigenvalue weighted by Gasteiger charge is -2.08. The minimum absolute atomic E-state index is 0.118. The first-order chi connectivity index (χ1) is 11.2. The zero-order valence-electron chi connectivity index (χ0n) is 11.9. The van der Waals surface area contributed by atoms with Crippen LogP contribution in [0.4, 0.5) is 8.78 Å². The van der Waals surface area contributed by atoms with Crippen molar-refractivity contribution in [2.75, 3.05) is 0 Å². The molecule has 0 unspecified atom stereocenters. The molecule has 0 saturated carbocycles. The average molecular weight is 318 g/mol. The molecule has 3 rings (SSSR count). The fraction of sp³-hybridized carbons (Fsp3) is 0.125. The summed E-state index contributed by atoms with van der Waals surface area (Å²) in [5.41, 5.74) is 1.64. The first-order valence-electron chi connectivity index (χ1n) is 6.74. The van der Waals surface area contributed by atoms with E-state index in [4.69, 9.17) is 9.15 Å². The van der Waals surface area contributed by atoms with Gasteiger partial charge in [-0.15, -0.1) is 10.2 Å². The Balaban J connectivity index is 1.57. The Bertz CT molecular complexity index is 729. The van der Waals surface area contributed by atoms with Crippen molar-refractivity contribution in [2.24, 2.45) is 0 Å². The van der Waals surface area contributed by atoms with E-state index in [1.54, 1.807) is 24.3 Å². The molecule has 0 N–H and O–H groups in total. The Morgan fingerprint density at radius 2 is 1.65 bits per heavy atom. The summed E-state index contributed by atoms with van der Waals surface area (Å²) in [6.45, 7) is -2.51. The monoisotopic (exact) mass is 318 g/mol. The van der Waals surface area contributed by atoms with Crippen LogP contribution in [0.2, 0.25) is 0 Å². The molecule has 7 heteroatoms. The molecule has 3 aromatic rings. The van der Waals surface area contributed by atoms with Crippen molar-refractivity contribution in [1.29, 1.82) is 0 Å². The van der Waals surface area contributed by atoms with Crippen LogP contribution in [0.5, 0.6) is 11.5 Å². The zero-order valence-corrected chi connectivity index (χ0v) is 11.9. The maximum Gasteiger partial charge on any atom is 0.387 e. The van der Waals surface area contributed by atoms with Crippen LogP contribution in [0.3, 0.4) is 0 Å². The number of halogens is 2. The number of alkyl halides is 2. The first-order valence-corrected chi connectivity index (χ1v) is 6.74. The third-order valence-corrected chi connectivity index (χ3v) is 3.02. The first kappa shape index (κ1) is 15.0. The molecule has 1 heterocycles. The van der Waals surface area contributed by atoms with Crippen molar-refractivity contribution in [3.8, 4) is 23.0 Å². The lowest BCUT2D eigenvalue weighted by atomic mass is 10.2. The fourth-order valence-corrected chi connectivity index (χ4v) is 1.93. The Hall–Kier alpha value is -2.96. The van der Waals surface area contributed by atoms with Gasteiger partial charge in [0.25, 0.3) is 0 Å². The van der Waals surface area contributed by atoms with Crippen molar-refractivity contribution in [3.63, 3.8) is 0 Å². The molecule has 0 bridgehead atoms. The number of nitrogens with zero attached hydrogens (tertiary/aromatic N) is 2. The van der Waals surface area contributed by atoms with E-state index in [0.717, 1.165) is 11.1 Å². The van der Waals surface area contributed by atoms with Crippen LogP contribution >= 0.6 is 0 Å². The second-order valence-corrected chi connectivity index (χ2v) is 4.58. The molecular formula is C16H12F2N2O3. The van der Waals surface area contributed by atoms with E-state index in [2.05, 4.69) is 14.9 Å². The highest BCUT2D eigenvalue weighted by atomic mass is 19.3. The molecule has 1 aromatic heterocycles. The average Bonchev–Trinajstić information content (AvgIpc) is 3.09. The second-order valence-electron chi connectivity index (χ2n) is 4.58. The fourth-order valence-electron chi connectivity index (χ4n) is 1.93. The summed E-state index contributed by atoms with van der Waals surface area (Å²) < 4.78 is 39.1. The molecule has 2 aromatic carbocycles. The van der Waals surface area contributed by atoms with E-state index in [-0.39, 0.29) is 5.75 Å². The molecule has 0 atom stereocenters. The molecule has 0 amide bonds. The Morgan fingerprint density at radius 1 is 0.957 bits per heavy atom. The summed E-state index contributed by atoms with van der Waals surface area (Å²) in [6, 6.07) is 13.5.